The van der Waals surface area contributed by atoms with Crippen LogP contribution in [0.15, 0.2) is 16.6 Å². The quantitative estimate of drug-likeness (QED) is 0.706. The Kier molecular flexibility index (Phi) is 4.00. The molecule has 20 heavy (non-hydrogen) atoms. The minimum absolute atomic E-state index is 0.0750. The standard InChI is InChI=1S/C15H20BrNO3/c1-9-6-11(16)13-12(7-9)17(8-10(2)19-13)14(18)20-15(3,4)5/h6-7,10H,8H2,1-5H3. The van der Waals surface area contributed by atoms with E-state index in [9.17, 15) is 4.79 Å². The Balaban J connectivity index is 2.40. The third-order valence-electron chi connectivity index (χ3n) is 2.83. The van der Waals surface area contributed by atoms with E-state index in [2.05, 4.69) is 15.9 Å². The van der Waals surface area contributed by atoms with Gasteiger partial charge in [0.2, 0.25) is 0 Å². The molecule has 0 bridgehead atoms. The van der Waals surface area contributed by atoms with E-state index in [1.807, 2.05) is 46.8 Å². The normalized spacial score (nSPS) is 18.3. The van der Waals surface area contributed by atoms with E-state index in [1.54, 1.807) is 4.90 Å². The van der Waals surface area contributed by atoms with Crippen molar-refractivity contribution < 1.29 is 14.3 Å². The highest BCUT2D eigenvalue weighted by Gasteiger charge is 2.32. The smallest absolute Gasteiger partial charge is 0.415 e. The predicted molar refractivity (Wildman–Crippen MR) is 82.5 cm³/mol. The summed E-state index contributed by atoms with van der Waals surface area (Å²) in [5.41, 5.74) is 1.30. The first-order valence-electron chi connectivity index (χ1n) is 6.64. The molecule has 0 radical (unpaired) electrons. The van der Waals surface area contributed by atoms with Crippen molar-refractivity contribution in [2.45, 2.75) is 46.3 Å². The van der Waals surface area contributed by atoms with Crippen molar-refractivity contribution >= 4 is 27.7 Å². The van der Waals surface area contributed by atoms with Gasteiger partial charge in [-0.25, -0.2) is 4.79 Å². The number of halogens is 1. The van der Waals surface area contributed by atoms with Crippen molar-refractivity contribution in [1.29, 1.82) is 0 Å². The largest absolute Gasteiger partial charge is 0.485 e. The molecule has 5 heteroatoms. The van der Waals surface area contributed by atoms with E-state index in [0.717, 1.165) is 15.7 Å². The maximum atomic E-state index is 12.4. The summed E-state index contributed by atoms with van der Waals surface area (Å²) in [5, 5.41) is 0. The average Bonchev–Trinajstić information content (AvgIpc) is 2.27. The molecule has 1 aliphatic rings. The maximum Gasteiger partial charge on any atom is 0.415 e. The first-order valence-corrected chi connectivity index (χ1v) is 7.44. The molecule has 0 fully saturated rings. The molecule has 4 nitrogen and oxygen atoms in total. The van der Waals surface area contributed by atoms with Gasteiger partial charge in [-0.15, -0.1) is 0 Å². The maximum absolute atomic E-state index is 12.4. The summed E-state index contributed by atoms with van der Waals surface area (Å²) in [4.78, 5) is 14.0. The molecule has 0 spiro atoms. The lowest BCUT2D eigenvalue weighted by molar-refractivity contribution is 0.0552. The van der Waals surface area contributed by atoms with Crippen LogP contribution >= 0.6 is 15.9 Å². The lowest BCUT2D eigenvalue weighted by atomic mass is 10.1. The van der Waals surface area contributed by atoms with Crippen molar-refractivity contribution in [2.24, 2.45) is 0 Å². The molecule has 1 atom stereocenters. The van der Waals surface area contributed by atoms with Gasteiger partial charge in [0.15, 0.2) is 5.75 Å². The second-order valence-corrected chi connectivity index (χ2v) is 6.97. The van der Waals surface area contributed by atoms with Crippen LogP contribution in [-0.4, -0.2) is 24.3 Å². The van der Waals surface area contributed by atoms with Gasteiger partial charge in [0.1, 0.15) is 11.7 Å². The zero-order chi connectivity index (χ0) is 15.1. The number of ether oxygens (including phenoxy) is 2. The van der Waals surface area contributed by atoms with Crippen molar-refractivity contribution in [3.63, 3.8) is 0 Å². The number of nitrogens with zero attached hydrogens (tertiary/aromatic N) is 1. The Morgan fingerprint density at radius 2 is 2.10 bits per heavy atom. The van der Waals surface area contributed by atoms with Gasteiger partial charge in [0.25, 0.3) is 0 Å². The number of carbonyl (C=O) groups excluding carboxylic acids is 1. The topological polar surface area (TPSA) is 38.8 Å². The summed E-state index contributed by atoms with van der Waals surface area (Å²) in [5.74, 6) is 0.695. The summed E-state index contributed by atoms with van der Waals surface area (Å²) in [6.07, 6.45) is -0.416. The highest BCUT2D eigenvalue weighted by Crippen LogP contribution is 2.41. The molecule has 1 aliphatic heterocycles. The van der Waals surface area contributed by atoms with Gasteiger partial charge in [-0.3, -0.25) is 4.90 Å². The minimum atomic E-state index is -0.514. The molecule has 1 aromatic carbocycles. The van der Waals surface area contributed by atoms with Crippen LogP contribution in [0.25, 0.3) is 0 Å². The van der Waals surface area contributed by atoms with Crippen LogP contribution in [0, 0.1) is 6.92 Å². The molecule has 110 valence electrons. The van der Waals surface area contributed by atoms with Crippen LogP contribution in [0.4, 0.5) is 10.5 Å². The lowest BCUT2D eigenvalue weighted by Gasteiger charge is -2.35. The van der Waals surface area contributed by atoms with Crippen LogP contribution in [-0.2, 0) is 4.74 Å². The Morgan fingerprint density at radius 3 is 2.70 bits per heavy atom. The molecule has 2 rings (SSSR count). The number of anilines is 1. The van der Waals surface area contributed by atoms with Crippen LogP contribution in [0.3, 0.4) is 0 Å². The van der Waals surface area contributed by atoms with E-state index in [0.29, 0.717) is 12.3 Å². The van der Waals surface area contributed by atoms with Crippen molar-refractivity contribution in [2.75, 3.05) is 11.4 Å². The fourth-order valence-electron chi connectivity index (χ4n) is 2.11. The van der Waals surface area contributed by atoms with Crippen molar-refractivity contribution in [3.05, 3.63) is 22.2 Å². The summed E-state index contributed by atoms with van der Waals surface area (Å²) in [6.45, 7) is 9.99. The number of rotatable bonds is 0. The number of hydrogen-bond donors (Lipinski definition) is 0. The van der Waals surface area contributed by atoms with E-state index >= 15 is 0 Å². The van der Waals surface area contributed by atoms with Gasteiger partial charge >= 0.3 is 6.09 Å². The minimum Gasteiger partial charge on any atom is -0.485 e. The third kappa shape index (κ3) is 3.26. The lowest BCUT2D eigenvalue weighted by Crippen LogP contribution is -2.44. The van der Waals surface area contributed by atoms with Gasteiger partial charge in [0, 0.05) is 0 Å². The van der Waals surface area contributed by atoms with Gasteiger partial charge in [0.05, 0.1) is 16.7 Å². The number of benzene rings is 1. The first kappa shape index (κ1) is 15.2. The number of hydrogen-bond acceptors (Lipinski definition) is 3. The molecule has 0 aliphatic carbocycles. The van der Waals surface area contributed by atoms with Gasteiger partial charge in [-0.05, 0) is 68.2 Å². The Bertz CT molecular complexity index is 537. The molecular weight excluding hydrogens is 322 g/mol. The first-order chi connectivity index (χ1) is 9.17. The van der Waals surface area contributed by atoms with E-state index in [4.69, 9.17) is 9.47 Å². The van der Waals surface area contributed by atoms with Gasteiger partial charge in [-0.2, -0.15) is 0 Å². The highest BCUT2D eigenvalue weighted by molar-refractivity contribution is 9.10. The molecule has 1 heterocycles. The van der Waals surface area contributed by atoms with E-state index in [1.165, 1.54) is 0 Å². The highest BCUT2D eigenvalue weighted by atomic mass is 79.9. The second-order valence-electron chi connectivity index (χ2n) is 6.11. The number of fused-ring (bicyclic) bond motifs is 1. The van der Waals surface area contributed by atoms with Crippen LogP contribution in [0.2, 0.25) is 0 Å². The van der Waals surface area contributed by atoms with Crippen molar-refractivity contribution in [1.82, 2.24) is 0 Å². The number of carbonyl (C=O) groups is 1. The summed E-state index contributed by atoms with van der Waals surface area (Å²) < 4.78 is 12.2. The fourth-order valence-corrected chi connectivity index (χ4v) is 2.77. The molecule has 1 unspecified atom stereocenters. The zero-order valence-electron chi connectivity index (χ0n) is 12.5. The molecule has 0 saturated heterocycles. The summed E-state index contributed by atoms with van der Waals surface area (Å²) >= 11 is 3.49. The monoisotopic (exact) mass is 341 g/mol. The Labute approximate surface area is 128 Å². The molecule has 0 saturated carbocycles. The SMILES string of the molecule is Cc1cc(Br)c2c(c1)N(C(=O)OC(C)(C)C)CC(C)O2. The molecule has 1 aromatic rings. The molecule has 1 amide bonds. The summed E-state index contributed by atoms with van der Waals surface area (Å²) in [6, 6.07) is 3.92. The van der Waals surface area contributed by atoms with Gasteiger partial charge < -0.3 is 9.47 Å². The predicted octanol–water partition coefficient (Wildman–Crippen LogP) is 4.28. The average molecular weight is 342 g/mol. The van der Waals surface area contributed by atoms with E-state index < -0.39 is 5.60 Å². The van der Waals surface area contributed by atoms with Crippen LogP contribution < -0.4 is 9.64 Å². The Morgan fingerprint density at radius 1 is 1.45 bits per heavy atom. The molecular formula is C15H20BrNO3. The van der Waals surface area contributed by atoms with Crippen LogP contribution in [0.1, 0.15) is 33.3 Å². The fraction of sp³-hybridized carbons (Fsp3) is 0.533. The van der Waals surface area contributed by atoms with Crippen molar-refractivity contribution in [3.8, 4) is 5.75 Å². The third-order valence-corrected chi connectivity index (χ3v) is 3.42. The number of aryl methyl sites for hydroxylation is 1. The molecule has 0 N–H and O–H groups in total. The Hall–Kier alpha value is -1.23. The zero-order valence-corrected chi connectivity index (χ0v) is 14.1. The van der Waals surface area contributed by atoms with Crippen LogP contribution in [0.5, 0.6) is 5.75 Å². The number of amides is 1. The second kappa shape index (κ2) is 5.28. The van der Waals surface area contributed by atoms with E-state index in [-0.39, 0.29) is 12.2 Å². The van der Waals surface area contributed by atoms with Gasteiger partial charge in [-0.1, -0.05) is 0 Å². The summed E-state index contributed by atoms with van der Waals surface area (Å²) in [7, 11) is 0. The molecule has 0 aromatic heterocycles.